The summed E-state index contributed by atoms with van der Waals surface area (Å²) in [6, 6.07) is 5.85. The second kappa shape index (κ2) is 4.37. The zero-order chi connectivity index (χ0) is 14.3. The van der Waals surface area contributed by atoms with Gasteiger partial charge in [-0.15, -0.1) is 0 Å². The number of imidazole rings is 1. The van der Waals surface area contributed by atoms with E-state index >= 15 is 0 Å². The third-order valence-corrected chi connectivity index (χ3v) is 2.90. The molecule has 3 rings (SSSR count). The number of carboxylic acids is 1. The van der Waals surface area contributed by atoms with E-state index in [0.717, 1.165) is 0 Å². The Bertz CT molecular complexity index is 811. The third-order valence-electron chi connectivity index (χ3n) is 2.90. The fourth-order valence-electron chi connectivity index (χ4n) is 1.92. The van der Waals surface area contributed by atoms with Gasteiger partial charge < -0.3 is 9.67 Å². The lowest BCUT2D eigenvalue weighted by Gasteiger charge is -2.01. The molecule has 0 spiro atoms. The molecule has 0 saturated heterocycles. The Morgan fingerprint density at radius 2 is 1.95 bits per heavy atom. The lowest BCUT2D eigenvalue weighted by molar-refractivity contribution is 0.0690. The molecule has 2 heterocycles. The second-order valence-corrected chi connectivity index (χ2v) is 4.21. The van der Waals surface area contributed by atoms with Crippen LogP contribution in [-0.2, 0) is 7.05 Å². The highest BCUT2D eigenvalue weighted by Gasteiger charge is 2.14. The van der Waals surface area contributed by atoms with Gasteiger partial charge >= 0.3 is 5.97 Å². The number of aryl methyl sites for hydroxylation is 1. The lowest BCUT2D eigenvalue weighted by atomic mass is 10.2. The normalized spacial score (nSPS) is 10.9. The van der Waals surface area contributed by atoms with Crippen molar-refractivity contribution in [2.75, 3.05) is 0 Å². The Morgan fingerprint density at radius 1 is 1.25 bits per heavy atom. The molecule has 0 aliphatic rings. The minimum absolute atomic E-state index is 0.166. The zero-order valence-electron chi connectivity index (χ0n) is 10.4. The third kappa shape index (κ3) is 1.89. The van der Waals surface area contributed by atoms with Crippen LogP contribution >= 0.6 is 0 Å². The molecule has 7 heteroatoms. The van der Waals surface area contributed by atoms with E-state index in [2.05, 4.69) is 15.0 Å². The van der Waals surface area contributed by atoms with Crippen LogP contribution < -0.4 is 0 Å². The van der Waals surface area contributed by atoms with E-state index in [0.29, 0.717) is 17.0 Å². The molecule has 6 nitrogen and oxygen atoms in total. The molecule has 1 N–H and O–H groups in total. The molecule has 0 aliphatic carbocycles. The first kappa shape index (κ1) is 12.2. The predicted molar refractivity (Wildman–Crippen MR) is 68.7 cm³/mol. The van der Waals surface area contributed by atoms with E-state index < -0.39 is 5.97 Å². The fourth-order valence-corrected chi connectivity index (χ4v) is 1.92. The van der Waals surface area contributed by atoms with Crippen molar-refractivity contribution in [2.24, 2.45) is 7.05 Å². The van der Waals surface area contributed by atoms with Crippen molar-refractivity contribution in [1.82, 2.24) is 19.5 Å². The molecule has 100 valence electrons. The SMILES string of the molecule is Cn1c(-c2ccc(F)cc2)nc2nc(C(=O)O)cnc21. The van der Waals surface area contributed by atoms with Gasteiger partial charge in [0.25, 0.3) is 0 Å². The highest BCUT2D eigenvalue weighted by Crippen LogP contribution is 2.21. The number of fused-ring (bicyclic) bond motifs is 1. The number of benzene rings is 1. The van der Waals surface area contributed by atoms with Crippen LogP contribution in [0, 0.1) is 5.82 Å². The van der Waals surface area contributed by atoms with Gasteiger partial charge in [-0.1, -0.05) is 0 Å². The van der Waals surface area contributed by atoms with Gasteiger partial charge in [-0.3, -0.25) is 0 Å². The minimum atomic E-state index is -1.16. The standard InChI is InChI=1S/C13H9FN4O2/c1-18-11(7-2-4-8(14)5-3-7)17-10-12(18)15-6-9(16-10)13(19)20/h2-6H,1H3,(H,19,20). The molecule has 0 aliphatic heterocycles. The molecule has 0 bridgehead atoms. The summed E-state index contributed by atoms with van der Waals surface area (Å²) < 4.78 is 14.6. The van der Waals surface area contributed by atoms with Gasteiger partial charge in [0.2, 0.25) is 0 Å². The molecule has 1 aromatic carbocycles. The maximum absolute atomic E-state index is 12.9. The summed E-state index contributed by atoms with van der Waals surface area (Å²) in [5.74, 6) is -0.951. The first-order valence-corrected chi connectivity index (χ1v) is 5.75. The fraction of sp³-hybridized carbons (Fsp3) is 0.0769. The number of carbonyl (C=O) groups is 1. The van der Waals surface area contributed by atoms with Crippen molar-refractivity contribution in [3.8, 4) is 11.4 Å². The van der Waals surface area contributed by atoms with Crippen LogP contribution in [-0.4, -0.2) is 30.6 Å². The maximum atomic E-state index is 12.9. The van der Waals surface area contributed by atoms with Crippen molar-refractivity contribution in [1.29, 1.82) is 0 Å². The Kier molecular flexibility index (Phi) is 2.67. The smallest absolute Gasteiger partial charge is 0.356 e. The van der Waals surface area contributed by atoms with Crippen LogP contribution in [0.25, 0.3) is 22.7 Å². The van der Waals surface area contributed by atoms with Crippen molar-refractivity contribution in [3.05, 3.63) is 42.0 Å². The number of hydrogen-bond donors (Lipinski definition) is 1. The van der Waals surface area contributed by atoms with Crippen LogP contribution in [0.4, 0.5) is 4.39 Å². The summed E-state index contributed by atoms with van der Waals surface area (Å²) in [6.07, 6.45) is 1.18. The largest absolute Gasteiger partial charge is 0.476 e. The van der Waals surface area contributed by atoms with Gasteiger partial charge in [-0.25, -0.2) is 24.1 Å². The monoisotopic (exact) mass is 272 g/mol. The van der Waals surface area contributed by atoms with Crippen molar-refractivity contribution >= 4 is 17.3 Å². The number of halogens is 1. The molecule has 20 heavy (non-hydrogen) atoms. The second-order valence-electron chi connectivity index (χ2n) is 4.21. The highest BCUT2D eigenvalue weighted by molar-refractivity contribution is 5.87. The molecule has 0 atom stereocenters. The predicted octanol–water partition coefficient (Wildman–Crippen LogP) is 1.87. The van der Waals surface area contributed by atoms with Gasteiger partial charge in [0.15, 0.2) is 17.0 Å². The number of aromatic nitrogens is 4. The van der Waals surface area contributed by atoms with Crippen LogP contribution in [0.15, 0.2) is 30.5 Å². The van der Waals surface area contributed by atoms with Crippen molar-refractivity contribution in [2.45, 2.75) is 0 Å². The van der Waals surface area contributed by atoms with Crippen molar-refractivity contribution < 1.29 is 14.3 Å². The van der Waals surface area contributed by atoms with E-state index in [1.165, 1.54) is 18.3 Å². The molecule has 0 unspecified atom stereocenters. The molecule has 0 radical (unpaired) electrons. The van der Waals surface area contributed by atoms with Gasteiger partial charge in [0.1, 0.15) is 11.6 Å². The van der Waals surface area contributed by atoms with E-state index in [1.807, 2.05) is 0 Å². The van der Waals surface area contributed by atoms with Gasteiger partial charge in [0.05, 0.1) is 6.20 Å². The van der Waals surface area contributed by atoms with Crippen molar-refractivity contribution in [3.63, 3.8) is 0 Å². The number of nitrogens with zero attached hydrogens (tertiary/aromatic N) is 4. The summed E-state index contributed by atoms with van der Waals surface area (Å²) in [5.41, 5.74) is 1.24. The molecule has 0 saturated carbocycles. The maximum Gasteiger partial charge on any atom is 0.356 e. The molecule has 0 amide bonds. The van der Waals surface area contributed by atoms with Gasteiger partial charge in [-0.05, 0) is 24.3 Å². The summed E-state index contributed by atoms with van der Waals surface area (Å²) in [7, 11) is 1.74. The summed E-state index contributed by atoms with van der Waals surface area (Å²) in [4.78, 5) is 23.1. The molecule has 0 fully saturated rings. The van der Waals surface area contributed by atoms with Crippen LogP contribution in [0.5, 0.6) is 0 Å². The average molecular weight is 272 g/mol. The molecular formula is C13H9FN4O2. The van der Waals surface area contributed by atoms with E-state index in [9.17, 15) is 9.18 Å². The number of carboxylic acid groups (broad SMARTS) is 1. The topological polar surface area (TPSA) is 80.9 Å². The quantitative estimate of drug-likeness (QED) is 0.770. The van der Waals surface area contributed by atoms with Crippen LogP contribution in [0.2, 0.25) is 0 Å². The number of hydrogen-bond acceptors (Lipinski definition) is 4. The number of aromatic carboxylic acids is 1. The summed E-state index contributed by atoms with van der Waals surface area (Å²) >= 11 is 0. The van der Waals surface area contributed by atoms with Gasteiger partial charge in [0, 0.05) is 12.6 Å². The van der Waals surface area contributed by atoms with Gasteiger partial charge in [-0.2, -0.15) is 0 Å². The van der Waals surface area contributed by atoms with E-state index in [4.69, 9.17) is 5.11 Å². The van der Waals surface area contributed by atoms with E-state index in [-0.39, 0.29) is 17.2 Å². The van der Waals surface area contributed by atoms with Crippen LogP contribution in [0.1, 0.15) is 10.5 Å². The zero-order valence-corrected chi connectivity index (χ0v) is 10.4. The highest BCUT2D eigenvalue weighted by atomic mass is 19.1. The average Bonchev–Trinajstić information content (AvgIpc) is 2.76. The number of rotatable bonds is 2. The summed E-state index contributed by atoms with van der Waals surface area (Å²) in [6.45, 7) is 0. The first-order valence-electron chi connectivity index (χ1n) is 5.75. The van der Waals surface area contributed by atoms with E-state index in [1.54, 1.807) is 23.7 Å². The molecule has 2 aromatic heterocycles. The van der Waals surface area contributed by atoms with Crippen LogP contribution in [0.3, 0.4) is 0 Å². The summed E-state index contributed by atoms with van der Waals surface area (Å²) in [5, 5.41) is 8.89. The Morgan fingerprint density at radius 3 is 2.60 bits per heavy atom. The Hall–Kier alpha value is -2.83. The molecule has 3 aromatic rings. The Balaban J connectivity index is 2.19. The first-order chi connectivity index (χ1) is 9.56. The minimum Gasteiger partial charge on any atom is -0.476 e. The Labute approximate surface area is 112 Å². The lowest BCUT2D eigenvalue weighted by Crippen LogP contribution is -2.02. The molecular weight excluding hydrogens is 263 g/mol.